The number of hydrogen-bond donors (Lipinski definition) is 2. The van der Waals surface area contributed by atoms with Crippen molar-refractivity contribution in [3.05, 3.63) is 23.8 Å². The first-order chi connectivity index (χ1) is 8.00. The fourth-order valence-corrected chi connectivity index (χ4v) is 2.86. The zero-order chi connectivity index (χ0) is 14.1. The van der Waals surface area contributed by atoms with Crippen molar-refractivity contribution in [1.82, 2.24) is 0 Å². The van der Waals surface area contributed by atoms with Gasteiger partial charge in [-0.05, 0) is 18.2 Å². The highest BCUT2D eigenvalue weighted by Crippen LogP contribution is 2.35. The normalized spacial score (nSPS) is 12.4. The highest BCUT2D eigenvalue weighted by Gasteiger charge is 2.20. The van der Waals surface area contributed by atoms with Crippen LogP contribution in [0.1, 0.15) is 31.1 Å². The van der Waals surface area contributed by atoms with Crippen molar-refractivity contribution in [1.29, 1.82) is 0 Å². The number of carboxylic acid groups (broad SMARTS) is 1. The summed E-state index contributed by atoms with van der Waals surface area (Å²) >= 11 is 1.36. The summed E-state index contributed by atoms with van der Waals surface area (Å²) in [5.41, 5.74) is -0.0542. The van der Waals surface area contributed by atoms with Gasteiger partial charge in [0, 0.05) is 9.64 Å². The second kappa shape index (κ2) is 4.91. The average Bonchev–Trinajstić information content (AvgIpc) is 2.13. The molecule has 3 N–H and O–H groups in total. The third-order valence-electron chi connectivity index (χ3n) is 1.93. The third-order valence-corrected chi connectivity index (χ3v) is 4.03. The predicted octanol–water partition coefficient (Wildman–Crippen LogP) is 1.92. The van der Waals surface area contributed by atoms with E-state index in [1.165, 1.54) is 23.9 Å². The van der Waals surface area contributed by atoms with Gasteiger partial charge in [0.25, 0.3) is 0 Å². The third kappa shape index (κ3) is 4.01. The molecule has 0 saturated heterocycles. The summed E-state index contributed by atoms with van der Waals surface area (Å²) in [6, 6.07) is 3.88. The first kappa shape index (κ1) is 15.0. The van der Waals surface area contributed by atoms with E-state index < -0.39 is 16.0 Å². The molecule has 0 bridgehead atoms. The number of thioether (sulfide) groups is 1. The number of rotatable bonds is 3. The lowest BCUT2D eigenvalue weighted by Crippen LogP contribution is -2.14. The van der Waals surface area contributed by atoms with Crippen LogP contribution in [0.2, 0.25) is 0 Å². The van der Waals surface area contributed by atoms with Crippen LogP contribution in [-0.4, -0.2) is 24.2 Å². The number of aromatic carboxylic acids is 1. The molecular weight excluding hydrogens is 274 g/mol. The quantitative estimate of drug-likeness (QED) is 0.828. The van der Waals surface area contributed by atoms with Gasteiger partial charge in [-0.3, -0.25) is 0 Å². The number of sulfonamides is 1. The van der Waals surface area contributed by atoms with E-state index in [-0.39, 0.29) is 15.2 Å². The lowest BCUT2D eigenvalue weighted by atomic mass is 10.2. The molecule has 0 spiro atoms. The highest BCUT2D eigenvalue weighted by molar-refractivity contribution is 8.00. The number of nitrogens with two attached hydrogens (primary N) is 1. The minimum Gasteiger partial charge on any atom is -0.478 e. The molecule has 0 saturated carbocycles. The van der Waals surface area contributed by atoms with Crippen LogP contribution in [0.3, 0.4) is 0 Å². The molecule has 18 heavy (non-hydrogen) atoms. The second-order valence-electron chi connectivity index (χ2n) is 4.72. The summed E-state index contributed by atoms with van der Waals surface area (Å²) in [6.45, 7) is 5.82. The fraction of sp³-hybridized carbons (Fsp3) is 0.364. The molecule has 0 atom stereocenters. The fourth-order valence-electron chi connectivity index (χ4n) is 1.27. The predicted molar refractivity (Wildman–Crippen MR) is 70.4 cm³/mol. The first-order valence-electron chi connectivity index (χ1n) is 5.10. The van der Waals surface area contributed by atoms with E-state index in [4.69, 9.17) is 10.2 Å². The van der Waals surface area contributed by atoms with Gasteiger partial charge < -0.3 is 5.11 Å². The molecule has 0 amide bonds. The van der Waals surface area contributed by atoms with E-state index in [0.717, 1.165) is 6.07 Å². The van der Waals surface area contributed by atoms with Crippen LogP contribution < -0.4 is 5.14 Å². The molecule has 0 aliphatic heterocycles. The Balaban J connectivity index is 3.35. The summed E-state index contributed by atoms with van der Waals surface area (Å²) in [4.78, 5) is 11.5. The van der Waals surface area contributed by atoms with Crippen LogP contribution in [0.25, 0.3) is 0 Å². The SMILES string of the molecule is CC(C)(C)Sc1ccc(S(N)(=O)=O)cc1C(=O)O. The second-order valence-corrected chi connectivity index (χ2v) is 8.15. The van der Waals surface area contributed by atoms with Crippen molar-refractivity contribution in [3.63, 3.8) is 0 Å². The van der Waals surface area contributed by atoms with E-state index in [2.05, 4.69) is 0 Å². The lowest BCUT2D eigenvalue weighted by molar-refractivity contribution is 0.0693. The van der Waals surface area contributed by atoms with Crippen molar-refractivity contribution in [2.45, 2.75) is 35.3 Å². The summed E-state index contributed by atoms with van der Waals surface area (Å²) in [5.74, 6) is -1.17. The molecule has 0 aliphatic rings. The summed E-state index contributed by atoms with van der Waals surface area (Å²) in [5, 5.41) is 14.1. The summed E-state index contributed by atoms with van der Waals surface area (Å²) in [7, 11) is -3.89. The van der Waals surface area contributed by atoms with E-state index in [1.54, 1.807) is 0 Å². The largest absolute Gasteiger partial charge is 0.478 e. The Morgan fingerprint density at radius 1 is 1.33 bits per heavy atom. The Kier molecular flexibility index (Phi) is 4.09. The van der Waals surface area contributed by atoms with Crippen molar-refractivity contribution in [2.75, 3.05) is 0 Å². The summed E-state index contributed by atoms with van der Waals surface area (Å²) in [6.07, 6.45) is 0. The number of benzene rings is 1. The van der Waals surface area contributed by atoms with E-state index in [1.807, 2.05) is 20.8 Å². The van der Waals surface area contributed by atoms with Gasteiger partial charge in [-0.1, -0.05) is 20.8 Å². The molecule has 1 aromatic rings. The van der Waals surface area contributed by atoms with Gasteiger partial charge in [0.1, 0.15) is 0 Å². The maximum absolute atomic E-state index is 11.2. The maximum atomic E-state index is 11.2. The smallest absolute Gasteiger partial charge is 0.336 e. The molecule has 0 heterocycles. The Morgan fingerprint density at radius 2 is 1.89 bits per heavy atom. The molecule has 0 fully saturated rings. The van der Waals surface area contributed by atoms with Gasteiger partial charge in [0.2, 0.25) is 10.0 Å². The minimum absolute atomic E-state index is 0.0542. The Labute approximate surface area is 110 Å². The standard InChI is InChI=1S/C11H15NO4S2/c1-11(2,3)17-9-5-4-7(18(12,15)16)6-8(9)10(13)14/h4-6H,1-3H3,(H,13,14)(H2,12,15,16). The highest BCUT2D eigenvalue weighted by atomic mass is 32.2. The number of primary sulfonamides is 1. The molecule has 0 unspecified atom stereocenters. The van der Waals surface area contributed by atoms with E-state index in [9.17, 15) is 13.2 Å². The van der Waals surface area contributed by atoms with Crippen molar-refractivity contribution in [3.8, 4) is 0 Å². The first-order valence-corrected chi connectivity index (χ1v) is 7.46. The molecule has 1 aromatic carbocycles. The van der Waals surface area contributed by atoms with Crippen LogP contribution in [0.15, 0.2) is 28.0 Å². The lowest BCUT2D eigenvalue weighted by Gasteiger charge is -2.19. The minimum atomic E-state index is -3.89. The van der Waals surface area contributed by atoms with Gasteiger partial charge in [-0.2, -0.15) is 0 Å². The zero-order valence-electron chi connectivity index (χ0n) is 10.3. The Hall–Kier alpha value is -1.05. The van der Waals surface area contributed by atoms with E-state index in [0.29, 0.717) is 4.90 Å². The van der Waals surface area contributed by atoms with Gasteiger partial charge in [0.05, 0.1) is 10.5 Å². The van der Waals surface area contributed by atoms with E-state index >= 15 is 0 Å². The number of carbonyl (C=O) groups is 1. The van der Waals surface area contributed by atoms with Crippen LogP contribution in [0, 0.1) is 0 Å². The summed E-state index contributed by atoms with van der Waals surface area (Å²) < 4.78 is 22.2. The van der Waals surface area contributed by atoms with Gasteiger partial charge >= 0.3 is 5.97 Å². The topological polar surface area (TPSA) is 97.5 Å². The molecule has 0 radical (unpaired) electrons. The number of hydrogen-bond acceptors (Lipinski definition) is 4. The molecular formula is C11H15NO4S2. The molecule has 100 valence electrons. The van der Waals surface area contributed by atoms with Crippen LogP contribution in [0.5, 0.6) is 0 Å². The van der Waals surface area contributed by atoms with Gasteiger partial charge in [0.15, 0.2) is 0 Å². The Bertz CT molecular complexity index is 573. The molecule has 5 nitrogen and oxygen atoms in total. The van der Waals surface area contributed by atoms with Crippen LogP contribution in [0.4, 0.5) is 0 Å². The molecule has 0 aliphatic carbocycles. The maximum Gasteiger partial charge on any atom is 0.336 e. The molecule has 0 aromatic heterocycles. The number of carboxylic acids is 1. The molecule has 7 heteroatoms. The Morgan fingerprint density at radius 3 is 2.28 bits per heavy atom. The molecule has 1 rings (SSSR count). The van der Waals surface area contributed by atoms with Crippen molar-refractivity contribution < 1.29 is 18.3 Å². The van der Waals surface area contributed by atoms with Crippen molar-refractivity contribution >= 4 is 27.8 Å². The van der Waals surface area contributed by atoms with Gasteiger partial charge in [-0.25, -0.2) is 18.4 Å². The van der Waals surface area contributed by atoms with Crippen LogP contribution in [-0.2, 0) is 10.0 Å². The zero-order valence-corrected chi connectivity index (χ0v) is 11.9. The van der Waals surface area contributed by atoms with Crippen molar-refractivity contribution in [2.24, 2.45) is 5.14 Å². The van der Waals surface area contributed by atoms with Crippen LogP contribution >= 0.6 is 11.8 Å². The monoisotopic (exact) mass is 289 g/mol. The average molecular weight is 289 g/mol. The van der Waals surface area contributed by atoms with Gasteiger partial charge in [-0.15, -0.1) is 11.8 Å².